The number of amides is 1. The van der Waals surface area contributed by atoms with E-state index in [0.717, 1.165) is 38.8 Å². The lowest BCUT2D eigenvalue weighted by atomic mass is 9.98. The van der Waals surface area contributed by atoms with Gasteiger partial charge >= 0.3 is 0 Å². The number of likely N-dealkylation sites (tertiary alicyclic amines) is 1. The SMILES string of the molecule is O=C(COC1CCCCC1)N1CCC[C@@H](n2ccnc2)C1. The molecule has 1 saturated carbocycles. The number of aromatic nitrogens is 2. The smallest absolute Gasteiger partial charge is 0.248 e. The standard InChI is InChI=1S/C16H25N3O2/c20-16(12-21-15-6-2-1-3-7-15)18-9-4-5-14(11-18)19-10-8-17-13-19/h8,10,13-15H,1-7,9,11-12H2/t14-/m1/s1. The molecule has 2 aliphatic rings. The van der Waals surface area contributed by atoms with Crippen molar-refractivity contribution in [2.45, 2.75) is 57.1 Å². The predicted molar refractivity (Wildman–Crippen MR) is 79.9 cm³/mol. The maximum Gasteiger partial charge on any atom is 0.248 e. The lowest BCUT2D eigenvalue weighted by Crippen LogP contribution is -2.42. The molecule has 116 valence electrons. The molecule has 0 aromatic carbocycles. The van der Waals surface area contributed by atoms with Gasteiger partial charge in [-0.1, -0.05) is 19.3 Å². The van der Waals surface area contributed by atoms with E-state index in [1.54, 1.807) is 6.20 Å². The summed E-state index contributed by atoms with van der Waals surface area (Å²) < 4.78 is 7.93. The third-order valence-electron chi connectivity index (χ3n) is 4.69. The Morgan fingerprint density at radius 1 is 1.19 bits per heavy atom. The van der Waals surface area contributed by atoms with Crippen LogP contribution >= 0.6 is 0 Å². The molecule has 5 heteroatoms. The summed E-state index contributed by atoms with van der Waals surface area (Å²) in [6.45, 7) is 1.89. The number of carbonyl (C=O) groups excluding carboxylic acids is 1. The van der Waals surface area contributed by atoms with Gasteiger partial charge < -0.3 is 14.2 Å². The molecule has 21 heavy (non-hydrogen) atoms. The topological polar surface area (TPSA) is 47.4 Å². The summed E-state index contributed by atoms with van der Waals surface area (Å²) in [5.41, 5.74) is 0. The molecule has 0 bridgehead atoms. The van der Waals surface area contributed by atoms with Crippen molar-refractivity contribution in [3.8, 4) is 0 Å². The molecule has 5 nitrogen and oxygen atoms in total. The maximum atomic E-state index is 12.3. The van der Waals surface area contributed by atoms with Gasteiger partial charge in [0, 0.05) is 25.5 Å². The van der Waals surface area contributed by atoms with Crippen molar-refractivity contribution < 1.29 is 9.53 Å². The van der Waals surface area contributed by atoms with Gasteiger partial charge in [0.15, 0.2) is 0 Å². The summed E-state index contributed by atoms with van der Waals surface area (Å²) in [7, 11) is 0. The van der Waals surface area contributed by atoms with E-state index in [1.165, 1.54) is 19.3 Å². The maximum absolute atomic E-state index is 12.3. The molecule has 0 N–H and O–H groups in total. The number of piperidine rings is 1. The second-order valence-electron chi connectivity index (χ2n) is 6.22. The van der Waals surface area contributed by atoms with Crippen LogP contribution in [0.1, 0.15) is 51.0 Å². The van der Waals surface area contributed by atoms with Gasteiger partial charge in [0.2, 0.25) is 5.91 Å². The van der Waals surface area contributed by atoms with Crippen LogP contribution in [0.15, 0.2) is 18.7 Å². The molecule has 2 fully saturated rings. The zero-order chi connectivity index (χ0) is 14.5. The summed E-state index contributed by atoms with van der Waals surface area (Å²) >= 11 is 0. The first-order valence-corrected chi connectivity index (χ1v) is 8.20. The average molecular weight is 291 g/mol. The van der Waals surface area contributed by atoms with E-state index < -0.39 is 0 Å². The third-order valence-corrected chi connectivity index (χ3v) is 4.69. The first kappa shape index (κ1) is 14.6. The van der Waals surface area contributed by atoms with Gasteiger partial charge in [-0.2, -0.15) is 0 Å². The fraction of sp³-hybridized carbons (Fsp3) is 0.750. The Hall–Kier alpha value is -1.36. The van der Waals surface area contributed by atoms with Crippen molar-refractivity contribution >= 4 is 5.91 Å². The molecule has 1 amide bonds. The van der Waals surface area contributed by atoms with E-state index in [1.807, 2.05) is 17.4 Å². The van der Waals surface area contributed by atoms with Crippen LogP contribution in [0.3, 0.4) is 0 Å². The second-order valence-corrected chi connectivity index (χ2v) is 6.22. The first-order valence-electron chi connectivity index (χ1n) is 8.20. The van der Waals surface area contributed by atoms with Crippen molar-refractivity contribution in [3.63, 3.8) is 0 Å². The zero-order valence-corrected chi connectivity index (χ0v) is 12.6. The summed E-state index contributed by atoms with van der Waals surface area (Å²) in [6, 6.07) is 0.361. The molecule has 0 spiro atoms. The first-order chi connectivity index (χ1) is 10.3. The Labute approximate surface area is 126 Å². The lowest BCUT2D eigenvalue weighted by Gasteiger charge is -2.33. The summed E-state index contributed by atoms with van der Waals surface area (Å²) in [6.07, 6.45) is 14.1. The van der Waals surface area contributed by atoms with Crippen molar-refractivity contribution in [3.05, 3.63) is 18.7 Å². The van der Waals surface area contributed by atoms with Crippen molar-refractivity contribution in [1.82, 2.24) is 14.5 Å². The molecule has 1 aromatic rings. The normalized spacial score (nSPS) is 24.2. The summed E-state index contributed by atoms with van der Waals surface area (Å²) in [5.74, 6) is 0.144. The molecule has 0 unspecified atom stereocenters. The molecular weight excluding hydrogens is 266 g/mol. The molecule has 3 rings (SSSR count). The van der Waals surface area contributed by atoms with Gasteiger partial charge in [0.25, 0.3) is 0 Å². The molecule has 2 heterocycles. The van der Waals surface area contributed by atoms with Gasteiger partial charge in [-0.15, -0.1) is 0 Å². The Balaban J connectivity index is 1.47. The largest absolute Gasteiger partial charge is 0.368 e. The molecule has 1 aliphatic carbocycles. The van der Waals surface area contributed by atoms with E-state index in [0.29, 0.717) is 12.1 Å². The van der Waals surface area contributed by atoms with Crippen molar-refractivity contribution in [1.29, 1.82) is 0 Å². The highest BCUT2D eigenvalue weighted by atomic mass is 16.5. The Bertz CT molecular complexity index is 440. The van der Waals surface area contributed by atoms with Crippen LogP contribution < -0.4 is 0 Å². The van der Waals surface area contributed by atoms with Crippen LogP contribution in [-0.2, 0) is 9.53 Å². The highest BCUT2D eigenvalue weighted by Gasteiger charge is 2.25. The quantitative estimate of drug-likeness (QED) is 0.856. The van der Waals surface area contributed by atoms with E-state index >= 15 is 0 Å². The highest BCUT2D eigenvalue weighted by molar-refractivity contribution is 5.77. The van der Waals surface area contributed by atoms with E-state index in [9.17, 15) is 4.79 Å². The lowest BCUT2D eigenvalue weighted by molar-refractivity contribution is -0.140. The van der Waals surface area contributed by atoms with Gasteiger partial charge in [0.1, 0.15) is 6.61 Å². The van der Waals surface area contributed by atoms with Gasteiger partial charge in [-0.3, -0.25) is 4.79 Å². The molecule has 1 aliphatic heterocycles. The van der Waals surface area contributed by atoms with Crippen molar-refractivity contribution in [2.24, 2.45) is 0 Å². The number of ether oxygens (including phenoxy) is 1. The predicted octanol–water partition coefficient (Wildman–Crippen LogP) is 2.40. The van der Waals surface area contributed by atoms with Crippen LogP contribution in [-0.4, -0.2) is 46.2 Å². The number of hydrogen-bond donors (Lipinski definition) is 0. The fourth-order valence-corrected chi connectivity index (χ4v) is 3.42. The number of carbonyl (C=O) groups is 1. The summed E-state index contributed by atoms with van der Waals surface area (Å²) in [4.78, 5) is 18.4. The van der Waals surface area contributed by atoms with Crippen LogP contribution in [0.4, 0.5) is 0 Å². The number of hydrogen-bond acceptors (Lipinski definition) is 3. The van der Waals surface area contributed by atoms with E-state index in [-0.39, 0.29) is 12.5 Å². The number of imidazole rings is 1. The zero-order valence-electron chi connectivity index (χ0n) is 12.6. The van der Waals surface area contributed by atoms with E-state index in [2.05, 4.69) is 9.55 Å². The molecule has 0 radical (unpaired) electrons. The third kappa shape index (κ3) is 3.84. The van der Waals surface area contributed by atoms with Gasteiger partial charge in [-0.25, -0.2) is 4.98 Å². The Morgan fingerprint density at radius 2 is 2.05 bits per heavy atom. The number of rotatable bonds is 4. The number of nitrogens with zero attached hydrogens (tertiary/aromatic N) is 3. The van der Waals surface area contributed by atoms with Gasteiger partial charge in [0.05, 0.1) is 18.5 Å². The van der Waals surface area contributed by atoms with Crippen LogP contribution in [0.2, 0.25) is 0 Å². The molecule has 1 atom stereocenters. The average Bonchev–Trinajstić information content (AvgIpc) is 3.08. The molecule has 1 aromatic heterocycles. The minimum absolute atomic E-state index is 0.144. The summed E-state index contributed by atoms with van der Waals surface area (Å²) in [5, 5.41) is 0. The van der Waals surface area contributed by atoms with E-state index in [4.69, 9.17) is 4.74 Å². The minimum Gasteiger partial charge on any atom is -0.368 e. The van der Waals surface area contributed by atoms with Crippen LogP contribution in [0.25, 0.3) is 0 Å². The Kier molecular flexibility index (Phi) is 4.91. The fourth-order valence-electron chi connectivity index (χ4n) is 3.42. The Morgan fingerprint density at radius 3 is 2.81 bits per heavy atom. The van der Waals surface area contributed by atoms with Crippen LogP contribution in [0, 0.1) is 0 Å². The monoisotopic (exact) mass is 291 g/mol. The van der Waals surface area contributed by atoms with Crippen LogP contribution in [0.5, 0.6) is 0 Å². The van der Waals surface area contributed by atoms with Gasteiger partial charge in [-0.05, 0) is 25.7 Å². The molecule has 1 saturated heterocycles. The highest BCUT2D eigenvalue weighted by Crippen LogP contribution is 2.22. The second kappa shape index (κ2) is 7.07. The minimum atomic E-state index is 0.144. The molecular formula is C16H25N3O2. The van der Waals surface area contributed by atoms with Crippen molar-refractivity contribution in [2.75, 3.05) is 19.7 Å².